The standard InChI is InChI=1S/C12H14N4O2/c1-16-7-8(6-14-16)11(13)12(18)15-9-4-2-3-5-10(9)17/h2-7,11,17H,13H2,1H3,(H,15,18). The Morgan fingerprint density at radius 1 is 1.50 bits per heavy atom. The van der Waals surface area contributed by atoms with E-state index in [1.807, 2.05) is 0 Å². The Kier molecular flexibility index (Phi) is 3.29. The molecule has 0 aliphatic carbocycles. The summed E-state index contributed by atoms with van der Waals surface area (Å²) in [5, 5.41) is 16.1. The molecule has 1 aromatic heterocycles. The number of nitrogens with two attached hydrogens (primary N) is 1. The maximum absolute atomic E-state index is 11.9. The van der Waals surface area contributed by atoms with Crippen LogP contribution in [0.2, 0.25) is 0 Å². The third-order valence-corrected chi connectivity index (χ3v) is 2.53. The van der Waals surface area contributed by atoms with Gasteiger partial charge in [-0.3, -0.25) is 9.48 Å². The van der Waals surface area contributed by atoms with Crippen molar-refractivity contribution in [3.63, 3.8) is 0 Å². The van der Waals surface area contributed by atoms with E-state index in [0.29, 0.717) is 11.3 Å². The Hall–Kier alpha value is -2.34. The molecular formula is C12H14N4O2. The van der Waals surface area contributed by atoms with Gasteiger partial charge in [0.15, 0.2) is 0 Å². The van der Waals surface area contributed by atoms with Gasteiger partial charge in [0, 0.05) is 18.8 Å². The van der Waals surface area contributed by atoms with Crippen molar-refractivity contribution in [2.75, 3.05) is 5.32 Å². The number of para-hydroxylation sites is 2. The number of amides is 1. The number of nitrogens with zero attached hydrogens (tertiary/aromatic N) is 2. The lowest BCUT2D eigenvalue weighted by Gasteiger charge is -2.11. The second-order valence-electron chi connectivity index (χ2n) is 3.93. The first-order valence-corrected chi connectivity index (χ1v) is 5.41. The number of carbonyl (C=O) groups excluding carboxylic acids is 1. The number of aromatic hydroxyl groups is 1. The molecule has 0 fully saturated rings. The summed E-state index contributed by atoms with van der Waals surface area (Å²) in [7, 11) is 1.75. The zero-order valence-corrected chi connectivity index (χ0v) is 9.87. The van der Waals surface area contributed by atoms with Gasteiger partial charge in [0.25, 0.3) is 0 Å². The summed E-state index contributed by atoms with van der Waals surface area (Å²) < 4.78 is 1.57. The molecule has 1 unspecified atom stereocenters. The lowest BCUT2D eigenvalue weighted by Crippen LogP contribution is -2.27. The highest BCUT2D eigenvalue weighted by Gasteiger charge is 2.18. The first kappa shape index (κ1) is 12.1. The molecule has 0 saturated carbocycles. The predicted molar refractivity (Wildman–Crippen MR) is 66.9 cm³/mol. The van der Waals surface area contributed by atoms with Crippen molar-refractivity contribution in [3.05, 3.63) is 42.2 Å². The van der Waals surface area contributed by atoms with Crippen LogP contribution in [-0.2, 0) is 11.8 Å². The van der Waals surface area contributed by atoms with E-state index >= 15 is 0 Å². The first-order valence-electron chi connectivity index (χ1n) is 5.41. The van der Waals surface area contributed by atoms with Crippen LogP contribution in [0, 0.1) is 0 Å². The fourth-order valence-electron chi connectivity index (χ4n) is 1.54. The highest BCUT2D eigenvalue weighted by atomic mass is 16.3. The van der Waals surface area contributed by atoms with Gasteiger partial charge < -0.3 is 16.2 Å². The normalized spacial score (nSPS) is 12.1. The largest absolute Gasteiger partial charge is 0.506 e. The maximum atomic E-state index is 11.9. The van der Waals surface area contributed by atoms with E-state index in [1.165, 1.54) is 12.3 Å². The summed E-state index contributed by atoms with van der Waals surface area (Å²) in [6.45, 7) is 0. The topological polar surface area (TPSA) is 93.2 Å². The molecule has 0 saturated heterocycles. The van der Waals surface area contributed by atoms with Crippen molar-refractivity contribution in [2.24, 2.45) is 12.8 Å². The molecule has 94 valence electrons. The molecule has 0 spiro atoms. The molecule has 0 aliphatic rings. The predicted octanol–water partition coefficient (Wildman–Crippen LogP) is 0.764. The second kappa shape index (κ2) is 4.89. The number of nitrogens with one attached hydrogen (secondary N) is 1. The van der Waals surface area contributed by atoms with Crippen molar-refractivity contribution in [2.45, 2.75) is 6.04 Å². The molecule has 2 aromatic rings. The van der Waals surface area contributed by atoms with Gasteiger partial charge in [0.05, 0.1) is 11.9 Å². The number of phenols is 1. The number of benzene rings is 1. The van der Waals surface area contributed by atoms with E-state index in [0.717, 1.165) is 0 Å². The van der Waals surface area contributed by atoms with Crippen LogP contribution in [0.15, 0.2) is 36.7 Å². The fourth-order valence-corrected chi connectivity index (χ4v) is 1.54. The van der Waals surface area contributed by atoms with Crippen molar-refractivity contribution < 1.29 is 9.90 Å². The van der Waals surface area contributed by atoms with Crippen molar-refractivity contribution >= 4 is 11.6 Å². The van der Waals surface area contributed by atoms with Crippen LogP contribution in [0.1, 0.15) is 11.6 Å². The van der Waals surface area contributed by atoms with Crippen LogP contribution in [0.25, 0.3) is 0 Å². The summed E-state index contributed by atoms with van der Waals surface area (Å²) >= 11 is 0. The van der Waals surface area contributed by atoms with E-state index < -0.39 is 11.9 Å². The van der Waals surface area contributed by atoms with Gasteiger partial charge in [0.1, 0.15) is 11.8 Å². The average Bonchev–Trinajstić information content (AvgIpc) is 2.78. The van der Waals surface area contributed by atoms with Crippen molar-refractivity contribution in [1.82, 2.24) is 9.78 Å². The quantitative estimate of drug-likeness (QED) is 0.697. The second-order valence-corrected chi connectivity index (χ2v) is 3.93. The molecule has 1 aromatic carbocycles. The van der Waals surface area contributed by atoms with Gasteiger partial charge in [-0.2, -0.15) is 5.10 Å². The zero-order chi connectivity index (χ0) is 13.1. The molecule has 4 N–H and O–H groups in total. The molecule has 2 rings (SSSR count). The number of hydrogen-bond acceptors (Lipinski definition) is 4. The summed E-state index contributed by atoms with van der Waals surface area (Å²) in [4.78, 5) is 11.9. The van der Waals surface area contributed by atoms with Gasteiger partial charge in [-0.1, -0.05) is 12.1 Å². The number of anilines is 1. The molecule has 0 aliphatic heterocycles. The van der Waals surface area contributed by atoms with Crippen molar-refractivity contribution in [1.29, 1.82) is 0 Å². The number of aromatic nitrogens is 2. The highest BCUT2D eigenvalue weighted by molar-refractivity contribution is 5.96. The first-order chi connectivity index (χ1) is 8.58. The molecule has 1 atom stereocenters. The van der Waals surface area contributed by atoms with Crippen molar-refractivity contribution in [3.8, 4) is 5.75 Å². The monoisotopic (exact) mass is 246 g/mol. The van der Waals surface area contributed by atoms with Crippen LogP contribution in [0.3, 0.4) is 0 Å². The van der Waals surface area contributed by atoms with E-state index in [4.69, 9.17) is 5.73 Å². The molecule has 0 bridgehead atoms. The number of hydrogen-bond donors (Lipinski definition) is 3. The minimum absolute atomic E-state index is 0.00392. The third-order valence-electron chi connectivity index (χ3n) is 2.53. The Balaban J connectivity index is 2.11. The third kappa shape index (κ3) is 2.49. The molecule has 6 nitrogen and oxygen atoms in total. The van der Waals surface area contributed by atoms with Gasteiger partial charge in [-0.05, 0) is 12.1 Å². The number of aryl methyl sites for hydroxylation is 1. The van der Waals surface area contributed by atoms with Crippen LogP contribution < -0.4 is 11.1 Å². The minimum Gasteiger partial charge on any atom is -0.506 e. The highest BCUT2D eigenvalue weighted by Crippen LogP contribution is 2.22. The molecule has 18 heavy (non-hydrogen) atoms. The average molecular weight is 246 g/mol. The van der Waals surface area contributed by atoms with Crippen LogP contribution in [-0.4, -0.2) is 20.8 Å². The van der Waals surface area contributed by atoms with E-state index in [1.54, 1.807) is 36.1 Å². The lowest BCUT2D eigenvalue weighted by molar-refractivity contribution is -0.117. The molecule has 1 heterocycles. The van der Waals surface area contributed by atoms with Gasteiger partial charge >= 0.3 is 0 Å². The van der Waals surface area contributed by atoms with Gasteiger partial charge in [-0.25, -0.2) is 0 Å². The smallest absolute Gasteiger partial charge is 0.246 e. The van der Waals surface area contributed by atoms with Gasteiger partial charge in [0.2, 0.25) is 5.91 Å². The van der Waals surface area contributed by atoms with E-state index in [9.17, 15) is 9.90 Å². The molecular weight excluding hydrogens is 232 g/mol. The Labute approximate surface area is 104 Å². The molecule has 6 heteroatoms. The summed E-state index contributed by atoms with van der Waals surface area (Å²) in [6, 6.07) is 5.66. The van der Waals surface area contributed by atoms with Crippen LogP contribution in [0.4, 0.5) is 5.69 Å². The van der Waals surface area contributed by atoms with E-state index in [-0.39, 0.29) is 5.75 Å². The van der Waals surface area contributed by atoms with Crippen LogP contribution >= 0.6 is 0 Å². The lowest BCUT2D eigenvalue weighted by atomic mass is 10.1. The molecule has 1 amide bonds. The minimum atomic E-state index is -0.821. The number of rotatable bonds is 3. The Morgan fingerprint density at radius 3 is 2.83 bits per heavy atom. The van der Waals surface area contributed by atoms with Crippen LogP contribution in [0.5, 0.6) is 5.75 Å². The van der Waals surface area contributed by atoms with E-state index in [2.05, 4.69) is 10.4 Å². The summed E-state index contributed by atoms with van der Waals surface area (Å²) in [5.41, 5.74) is 6.75. The summed E-state index contributed by atoms with van der Waals surface area (Å²) in [6.07, 6.45) is 3.21. The Morgan fingerprint density at radius 2 is 2.22 bits per heavy atom. The maximum Gasteiger partial charge on any atom is 0.246 e. The molecule has 0 radical (unpaired) electrons. The number of carbonyl (C=O) groups is 1. The fraction of sp³-hybridized carbons (Fsp3) is 0.167. The Bertz CT molecular complexity index is 565. The number of phenolic OH excluding ortho intramolecular Hbond substituents is 1. The summed E-state index contributed by atoms with van der Waals surface area (Å²) in [5.74, 6) is -0.395. The van der Waals surface area contributed by atoms with Gasteiger partial charge in [-0.15, -0.1) is 0 Å². The zero-order valence-electron chi connectivity index (χ0n) is 9.87. The SMILES string of the molecule is Cn1cc(C(N)C(=O)Nc2ccccc2O)cn1.